The molecule has 2 aromatic heterocycles. The van der Waals surface area contributed by atoms with Crippen molar-refractivity contribution >= 4 is 44.4 Å². The summed E-state index contributed by atoms with van der Waals surface area (Å²) >= 11 is 0. The molecule has 0 bridgehead atoms. The van der Waals surface area contributed by atoms with Gasteiger partial charge in [0.2, 0.25) is 5.91 Å². The molecule has 0 spiro atoms. The molecule has 7 aromatic rings. The van der Waals surface area contributed by atoms with Crippen LogP contribution in [0.3, 0.4) is 0 Å². The Morgan fingerprint density at radius 1 is 0.756 bits per heavy atom. The number of hydrogen-bond donors (Lipinski definition) is 4. The number of H-pyrrole nitrogens is 1. The maximum absolute atomic E-state index is 13.8. The van der Waals surface area contributed by atoms with E-state index in [1.165, 1.54) is 0 Å². The van der Waals surface area contributed by atoms with Gasteiger partial charge in [0.1, 0.15) is 17.3 Å². The third kappa shape index (κ3) is 5.71. The van der Waals surface area contributed by atoms with Gasteiger partial charge in [0.05, 0.1) is 0 Å². The molecule has 2 heterocycles. The molecule has 0 fully saturated rings. The summed E-state index contributed by atoms with van der Waals surface area (Å²) < 4.78 is 0. The minimum atomic E-state index is -0.828. The van der Waals surface area contributed by atoms with Gasteiger partial charge in [-0.2, -0.15) is 0 Å². The molecule has 45 heavy (non-hydrogen) atoms. The third-order valence-electron chi connectivity index (χ3n) is 8.20. The van der Waals surface area contributed by atoms with Crippen molar-refractivity contribution in [1.82, 2.24) is 20.6 Å². The van der Waals surface area contributed by atoms with Crippen molar-refractivity contribution in [3.05, 3.63) is 144 Å². The van der Waals surface area contributed by atoms with Gasteiger partial charge in [-0.1, -0.05) is 78.9 Å². The monoisotopic (exact) mass is 590 g/mol. The summed E-state index contributed by atoms with van der Waals surface area (Å²) in [4.78, 5) is 35.0. The van der Waals surface area contributed by atoms with Crippen molar-refractivity contribution in [1.29, 1.82) is 0 Å². The summed E-state index contributed by atoms with van der Waals surface area (Å²) in [6, 6.07) is 35.6. The van der Waals surface area contributed by atoms with Gasteiger partial charge in [-0.05, 0) is 69.4 Å². The minimum absolute atomic E-state index is 0.0691. The molecule has 7 nitrogen and oxygen atoms in total. The third-order valence-corrected chi connectivity index (χ3v) is 8.20. The Kier molecular flexibility index (Phi) is 7.41. The number of carbonyl (C=O) groups excluding carboxylic acids is 2. The van der Waals surface area contributed by atoms with E-state index in [0.717, 1.165) is 49.3 Å². The van der Waals surface area contributed by atoms with Crippen molar-refractivity contribution in [2.24, 2.45) is 0 Å². The predicted octanol–water partition coefficient (Wildman–Crippen LogP) is 6.90. The Balaban J connectivity index is 1.16. The first-order chi connectivity index (χ1) is 22.0. The van der Waals surface area contributed by atoms with E-state index in [1.54, 1.807) is 30.5 Å². The zero-order chi connectivity index (χ0) is 30.8. The van der Waals surface area contributed by atoms with Crippen LogP contribution in [0, 0.1) is 0 Å². The quantitative estimate of drug-likeness (QED) is 0.154. The fourth-order valence-electron chi connectivity index (χ4n) is 5.90. The number of para-hydroxylation sites is 1. The standard InChI is InChI=1S/C38H30N4O3/c43-35-21-29(19-26-13-7-17-39-36(26)35)25-10-6-11-27(18-25)37(44)42-34(20-30-23-40-33-16-4-3-15-32(30)33)38(45)41-22-28-12-5-9-24-8-1-2-14-31(24)28/h1-19,21,23,34,40,43H,20,22H2,(H,41,45)(H,42,44). The van der Waals surface area contributed by atoms with Crippen molar-refractivity contribution in [2.45, 2.75) is 19.0 Å². The Morgan fingerprint density at radius 2 is 1.53 bits per heavy atom. The second-order valence-corrected chi connectivity index (χ2v) is 11.1. The lowest BCUT2D eigenvalue weighted by molar-refractivity contribution is -0.123. The lowest BCUT2D eigenvalue weighted by atomic mass is 9.99. The van der Waals surface area contributed by atoms with Crippen LogP contribution in [0.1, 0.15) is 21.5 Å². The Bertz CT molecular complexity index is 2200. The number of aromatic amines is 1. The molecule has 5 aromatic carbocycles. The first kappa shape index (κ1) is 27.9. The van der Waals surface area contributed by atoms with Crippen LogP contribution in [-0.2, 0) is 17.8 Å². The summed E-state index contributed by atoms with van der Waals surface area (Å²) in [6.07, 6.45) is 3.84. The summed E-state index contributed by atoms with van der Waals surface area (Å²) in [5.74, 6) is -0.571. The minimum Gasteiger partial charge on any atom is -0.506 e. The fraction of sp³-hybridized carbons (Fsp3) is 0.0789. The van der Waals surface area contributed by atoms with Crippen LogP contribution in [0.4, 0.5) is 0 Å². The van der Waals surface area contributed by atoms with Crippen LogP contribution in [0.5, 0.6) is 5.75 Å². The second-order valence-electron chi connectivity index (χ2n) is 11.1. The first-order valence-electron chi connectivity index (χ1n) is 14.8. The number of amides is 2. The highest BCUT2D eigenvalue weighted by Gasteiger charge is 2.24. The molecule has 220 valence electrons. The van der Waals surface area contributed by atoms with Gasteiger partial charge in [0, 0.05) is 47.2 Å². The number of hydrogen-bond acceptors (Lipinski definition) is 4. The second kappa shape index (κ2) is 12.0. The van der Waals surface area contributed by atoms with E-state index in [2.05, 4.69) is 20.6 Å². The fourth-order valence-corrected chi connectivity index (χ4v) is 5.90. The molecule has 4 N–H and O–H groups in total. The maximum atomic E-state index is 13.8. The number of benzene rings is 5. The van der Waals surface area contributed by atoms with Crippen LogP contribution < -0.4 is 10.6 Å². The molecule has 0 saturated heterocycles. The molecule has 0 radical (unpaired) electrons. The zero-order valence-electron chi connectivity index (χ0n) is 24.3. The van der Waals surface area contributed by atoms with Crippen LogP contribution in [0.25, 0.3) is 43.7 Å². The number of aromatic nitrogens is 2. The highest BCUT2D eigenvalue weighted by atomic mass is 16.3. The van der Waals surface area contributed by atoms with Gasteiger partial charge >= 0.3 is 0 Å². The molecule has 1 unspecified atom stereocenters. The summed E-state index contributed by atoms with van der Waals surface area (Å²) in [6.45, 7) is 0.330. The van der Waals surface area contributed by atoms with Gasteiger partial charge < -0.3 is 20.7 Å². The lowest BCUT2D eigenvalue weighted by Gasteiger charge is -2.19. The normalized spacial score (nSPS) is 11.9. The van der Waals surface area contributed by atoms with Crippen molar-refractivity contribution in [3.8, 4) is 16.9 Å². The smallest absolute Gasteiger partial charge is 0.251 e. The highest BCUT2D eigenvalue weighted by molar-refractivity contribution is 5.99. The molecular formula is C38H30N4O3. The van der Waals surface area contributed by atoms with Crippen LogP contribution in [-0.4, -0.2) is 32.9 Å². The van der Waals surface area contributed by atoms with Crippen molar-refractivity contribution < 1.29 is 14.7 Å². The average molecular weight is 591 g/mol. The zero-order valence-corrected chi connectivity index (χ0v) is 24.3. The lowest BCUT2D eigenvalue weighted by Crippen LogP contribution is -2.47. The van der Waals surface area contributed by atoms with E-state index < -0.39 is 6.04 Å². The number of aromatic hydroxyl groups is 1. The molecule has 0 aliphatic heterocycles. The number of phenolic OH excluding ortho intramolecular Hbond substituents is 1. The maximum Gasteiger partial charge on any atom is 0.251 e. The van der Waals surface area contributed by atoms with E-state index >= 15 is 0 Å². The van der Waals surface area contributed by atoms with Crippen molar-refractivity contribution in [2.75, 3.05) is 0 Å². The molecule has 7 rings (SSSR count). The Hall–Kier alpha value is -5.95. The molecular weight excluding hydrogens is 560 g/mol. The number of carbonyl (C=O) groups is 2. The van der Waals surface area contributed by atoms with E-state index in [9.17, 15) is 14.7 Å². The van der Waals surface area contributed by atoms with Crippen LogP contribution in [0.15, 0.2) is 128 Å². The van der Waals surface area contributed by atoms with Crippen molar-refractivity contribution in [3.63, 3.8) is 0 Å². The number of nitrogens with one attached hydrogen (secondary N) is 3. The van der Waals surface area contributed by atoms with Crippen LogP contribution >= 0.6 is 0 Å². The van der Waals surface area contributed by atoms with Crippen LogP contribution in [0.2, 0.25) is 0 Å². The summed E-state index contributed by atoms with van der Waals surface area (Å²) in [7, 11) is 0. The first-order valence-corrected chi connectivity index (χ1v) is 14.8. The van der Waals surface area contributed by atoms with Gasteiger partial charge in [-0.3, -0.25) is 14.6 Å². The molecule has 0 aliphatic carbocycles. The molecule has 7 heteroatoms. The summed E-state index contributed by atoms with van der Waals surface area (Å²) in [5, 5.41) is 20.6. The van der Waals surface area contributed by atoms with Gasteiger partial charge in [0.25, 0.3) is 5.91 Å². The number of fused-ring (bicyclic) bond motifs is 3. The predicted molar refractivity (Wildman–Crippen MR) is 178 cm³/mol. The molecule has 0 aliphatic rings. The van der Waals surface area contributed by atoms with E-state index in [1.807, 2.05) is 97.2 Å². The topological polar surface area (TPSA) is 107 Å². The van der Waals surface area contributed by atoms with Gasteiger partial charge in [-0.25, -0.2) is 0 Å². The highest BCUT2D eigenvalue weighted by Crippen LogP contribution is 2.31. The Morgan fingerprint density at radius 3 is 2.44 bits per heavy atom. The van der Waals surface area contributed by atoms with E-state index in [0.29, 0.717) is 24.0 Å². The number of phenols is 1. The molecule has 1 atom stereocenters. The number of rotatable bonds is 8. The molecule has 2 amide bonds. The number of pyridine rings is 1. The van der Waals surface area contributed by atoms with E-state index in [-0.39, 0.29) is 17.6 Å². The largest absolute Gasteiger partial charge is 0.506 e. The Labute approximate surface area is 259 Å². The SMILES string of the molecule is O=C(NC(Cc1c[nH]c2ccccc12)C(=O)NCc1cccc2ccccc12)c1cccc(-c2cc(O)c3ncccc3c2)c1. The van der Waals surface area contributed by atoms with Gasteiger partial charge in [-0.15, -0.1) is 0 Å². The summed E-state index contributed by atoms with van der Waals surface area (Å²) in [5.41, 5.74) is 5.34. The van der Waals surface area contributed by atoms with Gasteiger partial charge in [0.15, 0.2) is 0 Å². The number of nitrogens with zero attached hydrogens (tertiary/aromatic N) is 1. The van der Waals surface area contributed by atoms with E-state index in [4.69, 9.17) is 0 Å². The molecule has 0 saturated carbocycles. The average Bonchev–Trinajstić information content (AvgIpc) is 3.49.